The SMILES string of the molecule is O=Cc1ncc2ccn(Cc3ccccc3)c(=O)c2c1O. The van der Waals surface area contributed by atoms with Crippen LogP contribution in [-0.4, -0.2) is 20.9 Å². The topological polar surface area (TPSA) is 72.2 Å². The number of benzene rings is 1. The Bertz CT molecular complexity index is 870. The molecule has 0 saturated heterocycles. The minimum Gasteiger partial charge on any atom is -0.505 e. The van der Waals surface area contributed by atoms with Crippen molar-refractivity contribution in [3.8, 4) is 5.75 Å². The summed E-state index contributed by atoms with van der Waals surface area (Å²) in [4.78, 5) is 27.1. The molecule has 0 unspecified atom stereocenters. The molecule has 3 aromatic rings. The van der Waals surface area contributed by atoms with Crippen molar-refractivity contribution in [2.24, 2.45) is 0 Å². The number of aromatic nitrogens is 2. The van der Waals surface area contributed by atoms with Crippen molar-refractivity contribution < 1.29 is 9.90 Å². The molecular weight excluding hydrogens is 268 g/mol. The molecule has 0 atom stereocenters. The van der Waals surface area contributed by atoms with Gasteiger partial charge in [-0.15, -0.1) is 0 Å². The average molecular weight is 280 g/mol. The summed E-state index contributed by atoms with van der Waals surface area (Å²) in [7, 11) is 0. The van der Waals surface area contributed by atoms with Crippen LogP contribution in [-0.2, 0) is 6.54 Å². The fourth-order valence-electron chi connectivity index (χ4n) is 2.25. The van der Waals surface area contributed by atoms with Crippen molar-refractivity contribution in [1.82, 2.24) is 9.55 Å². The summed E-state index contributed by atoms with van der Waals surface area (Å²) in [6.45, 7) is 0.397. The molecule has 0 saturated carbocycles. The molecule has 0 radical (unpaired) electrons. The third-order valence-corrected chi connectivity index (χ3v) is 3.33. The zero-order valence-corrected chi connectivity index (χ0v) is 11.1. The fraction of sp³-hybridized carbons (Fsp3) is 0.0625. The molecule has 0 aliphatic heterocycles. The highest BCUT2D eigenvalue weighted by molar-refractivity contribution is 5.92. The number of nitrogens with zero attached hydrogens (tertiary/aromatic N) is 2. The largest absolute Gasteiger partial charge is 0.505 e. The van der Waals surface area contributed by atoms with E-state index >= 15 is 0 Å². The highest BCUT2D eigenvalue weighted by Crippen LogP contribution is 2.22. The van der Waals surface area contributed by atoms with Gasteiger partial charge in [0.1, 0.15) is 5.69 Å². The number of pyridine rings is 2. The minimum absolute atomic E-state index is 0.116. The average Bonchev–Trinajstić information content (AvgIpc) is 2.51. The number of hydrogen-bond donors (Lipinski definition) is 1. The van der Waals surface area contributed by atoms with E-state index in [2.05, 4.69) is 4.98 Å². The monoisotopic (exact) mass is 280 g/mol. The van der Waals surface area contributed by atoms with Crippen LogP contribution in [0.4, 0.5) is 0 Å². The normalized spacial score (nSPS) is 10.7. The van der Waals surface area contributed by atoms with Gasteiger partial charge in [-0.1, -0.05) is 30.3 Å². The lowest BCUT2D eigenvalue weighted by Crippen LogP contribution is -2.20. The number of fused-ring (bicyclic) bond motifs is 1. The van der Waals surface area contributed by atoms with E-state index in [9.17, 15) is 14.7 Å². The third-order valence-electron chi connectivity index (χ3n) is 3.33. The first-order valence-electron chi connectivity index (χ1n) is 6.41. The molecule has 1 aromatic carbocycles. The van der Waals surface area contributed by atoms with Crippen molar-refractivity contribution in [3.63, 3.8) is 0 Å². The molecule has 0 amide bonds. The minimum atomic E-state index is -0.366. The molecular formula is C16H12N2O3. The second kappa shape index (κ2) is 5.20. The molecule has 1 N–H and O–H groups in total. The van der Waals surface area contributed by atoms with Crippen LogP contribution < -0.4 is 5.56 Å². The lowest BCUT2D eigenvalue weighted by atomic mass is 10.1. The Hall–Kier alpha value is -2.95. The van der Waals surface area contributed by atoms with Gasteiger partial charge in [-0.2, -0.15) is 0 Å². The smallest absolute Gasteiger partial charge is 0.262 e. The maximum atomic E-state index is 12.5. The lowest BCUT2D eigenvalue weighted by molar-refractivity contribution is 0.111. The Morgan fingerprint density at radius 1 is 1.19 bits per heavy atom. The first-order valence-corrected chi connectivity index (χ1v) is 6.41. The number of rotatable bonds is 3. The summed E-state index contributed by atoms with van der Waals surface area (Å²) in [5, 5.41) is 10.6. The summed E-state index contributed by atoms with van der Waals surface area (Å²) in [5.74, 6) is -0.366. The van der Waals surface area contributed by atoms with Gasteiger partial charge in [-0.05, 0) is 11.6 Å². The summed E-state index contributed by atoms with van der Waals surface area (Å²) < 4.78 is 1.49. The van der Waals surface area contributed by atoms with E-state index in [1.807, 2.05) is 30.3 Å². The van der Waals surface area contributed by atoms with Crippen molar-refractivity contribution in [2.75, 3.05) is 0 Å². The predicted octanol–water partition coefficient (Wildman–Crippen LogP) is 1.96. The van der Waals surface area contributed by atoms with Crippen LogP contribution >= 0.6 is 0 Å². The summed E-state index contributed by atoms with van der Waals surface area (Å²) in [6.07, 6.45) is 3.50. The van der Waals surface area contributed by atoms with Gasteiger partial charge in [0.05, 0.1) is 11.9 Å². The molecule has 21 heavy (non-hydrogen) atoms. The zero-order valence-electron chi connectivity index (χ0n) is 11.1. The molecule has 0 bridgehead atoms. The number of hydrogen-bond acceptors (Lipinski definition) is 4. The molecule has 2 heterocycles. The van der Waals surface area contributed by atoms with Gasteiger partial charge in [-0.25, -0.2) is 4.98 Å². The maximum Gasteiger partial charge on any atom is 0.262 e. The summed E-state index contributed by atoms with van der Waals surface area (Å²) in [5.41, 5.74) is 0.500. The zero-order chi connectivity index (χ0) is 14.8. The Morgan fingerprint density at radius 2 is 1.95 bits per heavy atom. The van der Waals surface area contributed by atoms with Gasteiger partial charge in [0.15, 0.2) is 12.0 Å². The quantitative estimate of drug-likeness (QED) is 0.744. The van der Waals surface area contributed by atoms with Crippen LogP contribution in [0, 0.1) is 0 Å². The van der Waals surface area contributed by atoms with Crippen LogP contribution in [0.1, 0.15) is 16.1 Å². The lowest BCUT2D eigenvalue weighted by Gasteiger charge is -2.08. The molecule has 2 aromatic heterocycles. The number of carbonyl (C=O) groups is 1. The molecule has 0 fully saturated rings. The maximum absolute atomic E-state index is 12.5. The predicted molar refractivity (Wildman–Crippen MR) is 78.6 cm³/mol. The first-order chi connectivity index (χ1) is 10.2. The van der Waals surface area contributed by atoms with Crippen LogP contribution in [0.5, 0.6) is 5.75 Å². The van der Waals surface area contributed by atoms with E-state index in [-0.39, 0.29) is 22.4 Å². The van der Waals surface area contributed by atoms with E-state index < -0.39 is 0 Å². The number of aldehydes is 1. The molecule has 0 aliphatic rings. The summed E-state index contributed by atoms with van der Waals surface area (Å²) >= 11 is 0. The van der Waals surface area contributed by atoms with Crippen LogP contribution in [0.15, 0.2) is 53.6 Å². The highest BCUT2D eigenvalue weighted by atomic mass is 16.3. The molecule has 5 nitrogen and oxygen atoms in total. The van der Waals surface area contributed by atoms with Gasteiger partial charge in [0.25, 0.3) is 5.56 Å². The van der Waals surface area contributed by atoms with Gasteiger partial charge in [0.2, 0.25) is 0 Å². The highest BCUT2D eigenvalue weighted by Gasteiger charge is 2.12. The van der Waals surface area contributed by atoms with Crippen LogP contribution in [0.2, 0.25) is 0 Å². The Labute approximate surface area is 120 Å². The number of carbonyl (C=O) groups excluding carboxylic acids is 1. The first kappa shape index (κ1) is 13.1. The van der Waals surface area contributed by atoms with Crippen LogP contribution in [0.3, 0.4) is 0 Å². The van der Waals surface area contributed by atoms with Gasteiger partial charge in [0, 0.05) is 17.8 Å². The Kier molecular flexibility index (Phi) is 3.23. The van der Waals surface area contributed by atoms with Crippen LogP contribution in [0.25, 0.3) is 10.8 Å². The van der Waals surface area contributed by atoms with Gasteiger partial charge < -0.3 is 9.67 Å². The Morgan fingerprint density at radius 3 is 2.67 bits per heavy atom. The van der Waals surface area contributed by atoms with Crippen molar-refractivity contribution in [1.29, 1.82) is 0 Å². The van der Waals surface area contributed by atoms with Crippen molar-refractivity contribution in [3.05, 3.63) is 70.4 Å². The van der Waals surface area contributed by atoms with Crippen molar-refractivity contribution in [2.45, 2.75) is 6.54 Å². The fourth-order valence-corrected chi connectivity index (χ4v) is 2.25. The summed E-state index contributed by atoms with van der Waals surface area (Å²) in [6, 6.07) is 11.2. The standard InChI is InChI=1S/C16H12N2O3/c19-10-13-15(20)14-12(8-17-13)6-7-18(16(14)21)9-11-4-2-1-3-5-11/h1-8,10,20H,9H2. The molecule has 104 valence electrons. The second-order valence-electron chi connectivity index (χ2n) is 4.67. The molecule has 0 spiro atoms. The van der Waals surface area contributed by atoms with E-state index in [1.54, 1.807) is 12.3 Å². The van der Waals surface area contributed by atoms with E-state index in [0.29, 0.717) is 18.2 Å². The van der Waals surface area contributed by atoms with Gasteiger partial charge in [-0.3, -0.25) is 9.59 Å². The van der Waals surface area contributed by atoms with Crippen molar-refractivity contribution >= 4 is 17.1 Å². The van der Waals surface area contributed by atoms with E-state index in [4.69, 9.17) is 0 Å². The second-order valence-corrected chi connectivity index (χ2v) is 4.67. The van der Waals surface area contributed by atoms with E-state index in [1.165, 1.54) is 10.8 Å². The molecule has 0 aliphatic carbocycles. The van der Waals surface area contributed by atoms with E-state index in [0.717, 1.165) is 5.56 Å². The third kappa shape index (κ3) is 2.29. The van der Waals surface area contributed by atoms with Gasteiger partial charge >= 0.3 is 0 Å². The molecule has 3 rings (SSSR count). The number of aromatic hydroxyl groups is 1. The Balaban J connectivity index is 2.18. The molecule has 5 heteroatoms.